The number of ether oxygens (including phenoxy) is 1. The van der Waals surface area contributed by atoms with E-state index < -0.39 is 6.10 Å². The average molecular weight is 142 g/mol. The highest BCUT2D eigenvalue weighted by molar-refractivity contribution is 4.92. The summed E-state index contributed by atoms with van der Waals surface area (Å²) in [5.74, 6) is 2.24. The molecule has 58 valence electrons. The molecule has 0 rings (SSSR count). The van der Waals surface area contributed by atoms with Crippen molar-refractivity contribution in [3.8, 4) is 12.3 Å². The van der Waals surface area contributed by atoms with Crippen LogP contribution in [-0.2, 0) is 4.74 Å². The van der Waals surface area contributed by atoms with Crippen molar-refractivity contribution in [1.29, 1.82) is 0 Å². The van der Waals surface area contributed by atoms with Gasteiger partial charge in [-0.1, -0.05) is 5.92 Å². The predicted molar refractivity (Wildman–Crippen MR) is 40.6 cm³/mol. The number of hydrogen-bond donors (Lipinski definition) is 1. The van der Waals surface area contributed by atoms with Crippen LogP contribution in [0.5, 0.6) is 0 Å². The molecule has 1 atom stereocenters. The zero-order valence-electron chi connectivity index (χ0n) is 6.34. The molecule has 2 heteroatoms. The minimum Gasteiger partial charge on any atom is -0.382 e. The summed E-state index contributed by atoms with van der Waals surface area (Å²) in [6.45, 7) is 3.36. The Labute approximate surface area is 62.2 Å². The van der Waals surface area contributed by atoms with Crippen LogP contribution in [0.25, 0.3) is 0 Å². The summed E-state index contributed by atoms with van der Waals surface area (Å²) in [5.41, 5.74) is 0. The van der Waals surface area contributed by atoms with Gasteiger partial charge in [0, 0.05) is 13.2 Å². The van der Waals surface area contributed by atoms with Crippen molar-refractivity contribution < 1.29 is 9.84 Å². The van der Waals surface area contributed by atoms with E-state index in [0.29, 0.717) is 13.0 Å². The van der Waals surface area contributed by atoms with Crippen molar-refractivity contribution in [2.45, 2.75) is 25.9 Å². The van der Waals surface area contributed by atoms with Crippen LogP contribution in [0.15, 0.2) is 0 Å². The highest BCUT2D eigenvalue weighted by Crippen LogP contribution is 1.95. The zero-order chi connectivity index (χ0) is 7.82. The van der Waals surface area contributed by atoms with Gasteiger partial charge in [-0.2, -0.15) is 0 Å². The molecular formula is C8H14O2. The standard InChI is InChI=1S/C8H14O2/c1-3-8(9)6-5-7-10-4-2/h1,8-9H,4-7H2,2H3. The molecule has 0 spiro atoms. The molecule has 0 amide bonds. The van der Waals surface area contributed by atoms with Crippen LogP contribution >= 0.6 is 0 Å². The zero-order valence-corrected chi connectivity index (χ0v) is 6.34. The summed E-state index contributed by atoms with van der Waals surface area (Å²) in [7, 11) is 0. The Morgan fingerprint density at radius 1 is 1.70 bits per heavy atom. The summed E-state index contributed by atoms with van der Waals surface area (Å²) >= 11 is 0. The number of aliphatic hydroxyl groups is 1. The molecular weight excluding hydrogens is 128 g/mol. The van der Waals surface area contributed by atoms with Crippen LogP contribution in [0.1, 0.15) is 19.8 Å². The fraction of sp³-hybridized carbons (Fsp3) is 0.750. The quantitative estimate of drug-likeness (QED) is 0.454. The lowest BCUT2D eigenvalue weighted by molar-refractivity contribution is 0.129. The molecule has 0 aromatic rings. The molecule has 0 saturated heterocycles. The first-order chi connectivity index (χ1) is 4.81. The lowest BCUT2D eigenvalue weighted by atomic mass is 10.2. The van der Waals surface area contributed by atoms with Gasteiger partial charge in [-0.15, -0.1) is 6.42 Å². The molecule has 0 aromatic heterocycles. The van der Waals surface area contributed by atoms with E-state index in [1.165, 1.54) is 0 Å². The number of aliphatic hydroxyl groups excluding tert-OH is 1. The Bertz CT molecular complexity index is 104. The van der Waals surface area contributed by atoms with Crippen LogP contribution in [0.2, 0.25) is 0 Å². The maximum absolute atomic E-state index is 8.87. The van der Waals surface area contributed by atoms with Crippen LogP contribution < -0.4 is 0 Å². The van der Waals surface area contributed by atoms with Gasteiger partial charge in [0.1, 0.15) is 6.10 Å². The molecule has 1 unspecified atom stereocenters. The van der Waals surface area contributed by atoms with E-state index in [1.807, 2.05) is 6.92 Å². The topological polar surface area (TPSA) is 29.5 Å². The Kier molecular flexibility index (Phi) is 6.25. The maximum atomic E-state index is 8.87. The average Bonchev–Trinajstić information content (AvgIpc) is 1.98. The van der Waals surface area contributed by atoms with E-state index in [0.717, 1.165) is 13.0 Å². The van der Waals surface area contributed by atoms with Gasteiger partial charge in [-0.3, -0.25) is 0 Å². The largest absolute Gasteiger partial charge is 0.382 e. The molecule has 0 heterocycles. The third-order valence-corrected chi connectivity index (χ3v) is 1.16. The molecule has 10 heavy (non-hydrogen) atoms. The fourth-order valence-electron chi connectivity index (χ4n) is 0.606. The van der Waals surface area contributed by atoms with Crippen molar-refractivity contribution in [2.24, 2.45) is 0 Å². The van der Waals surface area contributed by atoms with Gasteiger partial charge in [0.25, 0.3) is 0 Å². The van der Waals surface area contributed by atoms with Crippen molar-refractivity contribution in [3.05, 3.63) is 0 Å². The molecule has 0 radical (unpaired) electrons. The Morgan fingerprint density at radius 3 is 2.90 bits per heavy atom. The molecule has 0 saturated carbocycles. The molecule has 2 nitrogen and oxygen atoms in total. The number of rotatable bonds is 5. The molecule has 0 aromatic carbocycles. The monoisotopic (exact) mass is 142 g/mol. The second-order valence-electron chi connectivity index (χ2n) is 2.02. The first-order valence-corrected chi connectivity index (χ1v) is 3.53. The van der Waals surface area contributed by atoms with Gasteiger partial charge in [0.2, 0.25) is 0 Å². The van der Waals surface area contributed by atoms with Crippen molar-refractivity contribution >= 4 is 0 Å². The van der Waals surface area contributed by atoms with Crippen LogP contribution in [0.4, 0.5) is 0 Å². The molecule has 0 aliphatic heterocycles. The molecule has 0 bridgehead atoms. The Hall–Kier alpha value is -0.520. The lowest BCUT2D eigenvalue weighted by Gasteiger charge is -2.02. The van der Waals surface area contributed by atoms with E-state index in [4.69, 9.17) is 16.3 Å². The molecule has 0 aliphatic carbocycles. The predicted octanol–water partition coefficient (Wildman–Crippen LogP) is 0.797. The van der Waals surface area contributed by atoms with Gasteiger partial charge in [0.15, 0.2) is 0 Å². The van der Waals surface area contributed by atoms with E-state index in [1.54, 1.807) is 0 Å². The summed E-state index contributed by atoms with van der Waals surface area (Å²) in [5, 5.41) is 8.87. The van der Waals surface area contributed by atoms with Crippen molar-refractivity contribution in [1.82, 2.24) is 0 Å². The third-order valence-electron chi connectivity index (χ3n) is 1.16. The molecule has 0 aliphatic rings. The van der Waals surface area contributed by atoms with Crippen molar-refractivity contribution in [2.75, 3.05) is 13.2 Å². The van der Waals surface area contributed by atoms with Crippen molar-refractivity contribution in [3.63, 3.8) is 0 Å². The van der Waals surface area contributed by atoms with Crippen LogP contribution in [0.3, 0.4) is 0 Å². The minimum atomic E-state index is -0.597. The first kappa shape index (κ1) is 9.48. The van der Waals surface area contributed by atoms with E-state index in [-0.39, 0.29) is 0 Å². The van der Waals surface area contributed by atoms with Gasteiger partial charge in [0.05, 0.1) is 0 Å². The lowest BCUT2D eigenvalue weighted by Crippen LogP contribution is -2.04. The van der Waals surface area contributed by atoms with Gasteiger partial charge in [-0.25, -0.2) is 0 Å². The highest BCUT2D eigenvalue weighted by atomic mass is 16.5. The molecule has 0 fully saturated rings. The normalized spacial score (nSPS) is 12.5. The Balaban J connectivity index is 2.98. The minimum absolute atomic E-state index is 0.597. The fourth-order valence-corrected chi connectivity index (χ4v) is 0.606. The summed E-state index contributed by atoms with van der Waals surface area (Å²) in [6, 6.07) is 0. The summed E-state index contributed by atoms with van der Waals surface area (Å²) in [6.07, 6.45) is 5.82. The second kappa shape index (κ2) is 6.60. The van der Waals surface area contributed by atoms with E-state index in [9.17, 15) is 0 Å². The summed E-state index contributed by atoms with van der Waals surface area (Å²) in [4.78, 5) is 0. The number of hydrogen-bond acceptors (Lipinski definition) is 2. The Morgan fingerprint density at radius 2 is 2.40 bits per heavy atom. The SMILES string of the molecule is C#CC(O)CCCOCC. The summed E-state index contributed by atoms with van der Waals surface area (Å²) < 4.78 is 5.05. The molecule has 1 N–H and O–H groups in total. The van der Waals surface area contributed by atoms with Gasteiger partial charge >= 0.3 is 0 Å². The van der Waals surface area contributed by atoms with Gasteiger partial charge in [-0.05, 0) is 19.8 Å². The third kappa shape index (κ3) is 5.61. The van der Waals surface area contributed by atoms with Gasteiger partial charge < -0.3 is 9.84 Å². The number of terminal acetylenes is 1. The van der Waals surface area contributed by atoms with E-state index in [2.05, 4.69) is 5.92 Å². The maximum Gasteiger partial charge on any atom is 0.114 e. The first-order valence-electron chi connectivity index (χ1n) is 3.53. The van der Waals surface area contributed by atoms with Crippen LogP contribution in [-0.4, -0.2) is 24.4 Å². The second-order valence-corrected chi connectivity index (χ2v) is 2.02. The van der Waals surface area contributed by atoms with Crippen LogP contribution in [0, 0.1) is 12.3 Å². The smallest absolute Gasteiger partial charge is 0.114 e. The van der Waals surface area contributed by atoms with E-state index >= 15 is 0 Å². The highest BCUT2D eigenvalue weighted by Gasteiger charge is 1.96.